The number of anilines is 1. The van der Waals surface area contributed by atoms with Crippen LogP contribution in [0.5, 0.6) is 5.75 Å². The zero-order chi connectivity index (χ0) is 14.1. The summed E-state index contributed by atoms with van der Waals surface area (Å²) in [6.07, 6.45) is 0. The standard InChI is InChI=1S/C13H17NO4S/c1-3-18-13(16)9-19-8-12(15)14-10-6-4-5-7-11(10)17-2/h4-7H,3,8-9H2,1-2H3,(H,14,15). The van der Waals surface area contributed by atoms with Crippen molar-refractivity contribution < 1.29 is 19.1 Å². The second-order valence-electron chi connectivity index (χ2n) is 3.55. The SMILES string of the molecule is CCOC(=O)CSCC(=O)Nc1ccccc1OC. The molecule has 1 amide bonds. The topological polar surface area (TPSA) is 64.6 Å². The molecular weight excluding hydrogens is 266 g/mol. The number of methoxy groups -OCH3 is 1. The van der Waals surface area contributed by atoms with Crippen LogP contribution in [0.3, 0.4) is 0 Å². The lowest BCUT2D eigenvalue weighted by Gasteiger charge is -2.09. The first kappa shape index (κ1) is 15.4. The first-order valence-corrected chi connectivity index (χ1v) is 6.99. The van der Waals surface area contributed by atoms with Crippen molar-refractivity contribution in [2.24, 2.45) is 0 Å². The summed E-state index contributed by atoms with van der Waals surface area (Å²) in [5.74, 6) is 0.479. The number of para-hydroxylation sites is 2. The highest BCUT2D eigenvalue weighted by Gasteiger charge is 2.08. The third kappa shape index (κ3) is 5.65. The summed E-state index contributed by atoms with van der Waals surface area (Å²) in [4.78, 5) is 22.8. The molecule has 0 spiro atoms. The summed E-state index contributed by atoms with van der Waals surface area (Å²) in [6.45, 7) is 2.10. The molecule has 0 radical (unpaired) electrons. The minimum Gasteiger partial charge on any atom is -0.495 e. The van der Waals surface area contributed by atoms with E-state index in [2.05, 4.69) is 5.32 Å². The number of hydrogen-bond donors (Lipinski definition) is 1. The third-order valence-electron chi connectivity index (χ3n) is 2.14. The molecule has 0 saturated heterocycles. The number of esters is 1. The minimum atomic E-state index is -0.308. The summed E-state index contributed by atoms with van der Waals surface area (Å²) < 4.78 is 9.89. The van der Waals surface area contributed by atoms with Gasteiger partial charge in [0.15, 0.2) is 0 Å². The average molecular weight is 283 g/mol. The molecule has 1 aromatic carbocycles. The molecule has 6 heteroatoms. The lowest BCUT2D eigenvalue weighted by Crippen LogP contribution is -2.16. The second kappa shape index (κ2) is 8.42. The molecule has 1 rings (SSSR count). The van der Waals surface area contributed by atoms with Crippen LogP contribution in [0.4, 0.5) is 5.69 Å². The molecule has 0 aromatic heterocycles. The van der Waals surface area contributed by atoms with Crippen molar-refractivity contribution in [3.05, 3.63) is 24.3 Å². The Bertz CT molecular complexity index is 436. The van der Waals surface area contributed by atoms with E-state index < -0.39 is 0 Å². The Morgan fingerprint density at radius 3 is 2.68 bits per heavy atom. The van der Waals surface area contributed by atoms with Gasteiger partial charge < -0.3 is 14.8 Å². The predicted octanol–water partition coefficient (Wildman–Crippen LogP) is 1.93. The molecule has 0 bridgehead atoms. The van der Waals surface area contributed by atoms with Crippen LogP contribution < -0.4 is 10.1 Å². The van der Waals surface area contributed by atoms with Crippen LogP contribution in [0.15, 0.2) is 24.3 Å². The number of carbonyl (C=O) groups excluding carboxylic acids is 2. The normalized spacial score (nSPS) is 9.79. The molecule has 0 aliphatic heterocycles. The van der Waals surface area contributed by atoms with Gasteiger partial charge in [-0.1, -0.05) is 12.1 Å². The van der Waals surface area contributed by atoms with E-state index in [4.69, 9.17) is 9.47 Å². The van der Waals surface area contributed by atoms with Gasteiger partial charge in [-0.2, -0.15) is 0 Å². The van der Waals surface area contributed by atoms with Gasteiger partial charge in [0, 0.05) is 0 Å². The van der Waals surface area contributed by atoms with Crippen molar-refractivity contribution in [2.75, 3.05) is 30.5 Å². The summed E-state index contributed by atoms with van der Waals surface area (Å²) in [5, 5.41) is 2.73. The molecular formula is C13H17NO4S. The molecule has 1 N–H and O–H groups in total. The fraction of sp³-hybridized carbons (Fsp3) is 0.385. The first-order valence-electron chi connectivity index (χ1n) is 5.83. The minimum absolute atomic E-state index is 0.174. The van der Waals surface area contributed by atoms with Crippen molar-refractivity contribution in [2.45, 2.75) is 6.92 Å². The van der Waals surface area contributed by atoms with Gasteiger partial charge in [-0.3, -0.25) is 9.59 Å². The smallest absolute Gasteiger partial charge is 0.315 e. The van der Waals surface area contributed by atoms with Gasteiger partial charge in [0.05, 0.1) is 30.9 Å². The number of nitrogens with one attached hydrogen (secondary N) is 1. The van der Waals surface area contributed by atoms with E-state index in [-0.39, 0.29) is 23.4 Å². The highest BCUT2D eigenvalue weighted by Crippen LogP contribution is 2.23. The molecule has 0 fully saturated rings. The lowest BCUT2D eigenvalue weighted by atomic mass is 10.3. The lowest BCUT2D eigenvalue weighted by molar-refractivity contribution is -0.139. The van der Waals surface area contributed by atoms with Crippen molar-refractivity contribution in [1.82, 2.24) is 0 Å². The van der Waals surface area contributed by atoms with Crippen molar-refractivity contribution in [3.63, 3.8) is 0 Å². The van der Waals surface area contributed by atoms with Gasteiger partial charge in [-0.15, -0.1) is 11.8 Å². The third-order valence-corrected chi connectivity index (χ3v) is 3.05. The molecule has 0 saturated carbocycles. The van der Waals surface area contributed by atoms with E-state index in [0.29, 0.717) is 18.0 Å². The van der Waals surface area contributed by atoms with Crippen LogP contribution in [0.2, 0.25) is 0 Å². The molecule has 19 heavy (non-hydrogen) atoms. The zero-order valence-corrected chi connectivity index (χ0v) is 11.8. The highest BCUT2D eigenvalue weighted by molar-refractivity contribution is 8.00. The van der Waals surface area contributed by atoms with Gasteiger partial charge in [0.2, 0.25) is 5.91 Å². The number of carbonyl (C=O) groups is 2. The van der Waals surface area contributed by atoms with E-state index in [1.54, 1.807) is 26.2 Å². The molecule has 1 aromatic rings. The first-order chi connectivity index (χ1) is 9.17. The number of rotatable bonds is 7. The molecule has 0 atom stereocenters. The van der Waals surface area contributed by atoms with Crippen molar-refractivity contribution in [1.29, 1.82) is 0 Å². The number of thioether (sulfide) groups is 1. The second-order valence-corrected chi connectivity index (χ2v) is 4.53. The van der Waals surface area contributed by atoms with E-state index in [9.17, 15) is 9.59 Å². The Balaban J connectivity index is 2.37. The van der Waals surface area contributed by atoms with E-state index in [0.717, 1.165) is 0 Å². The maximum atomic E-state index is 11.7. The fourth-order valence-corrected chi connectivity index (χ4v) is 1.97. The molecule has 104 valence electrons. The Morgan fingerprint density at radius 2 is 2.00 bits per heavy atom. The number of hydrogen-bond acceptors (Lipinski definition) is 5. The fourth-order valence-electron chi connectivity index (χ4n) is 1.36. The maximum Gasteiger partial charge on any atom is 0.315 e. The van der Waals surface area contributed by atoms with Crippen molar-refractivity contribution >= 4 is 29.3 Å². The van der Waals surface area contributed by atoms with Gasteiger partial charge in [-0.05, 0) is 19.1 Å². The van der Waals surface area contributed by atoms with E-state index >= 15 is 0 Å². The Hall–Kier alpha value is -1.69. The van der Waals surface area contributed by atoms with Crippen LogP contribution >= 0.6 is 11.8 Å². The van der Waals surface area contributed by atoms with Crippen LogP contribution in [-0.4, -0.2) is 37.1 Å². The van der Waals surface area contributed by atoms with Crippen LogP contribution in [-0.2, 0) is 14.3 Å². The molecule has 0 aliphatic carbocycles. The maximum absolute atomic E-state index is 11.7. The number of ether oxygens (including phenoxy) is 2. The largest absolute Gasteiger partial charge is 0.495 e. The zero-order valence-electron chi connectivity index (χ0n) is 11.0. The van der Waals surface area contributed by atoms with Crippen LogP contribution in [0.25, 0.3) is 0 Å². The summed E-state index contributed by atoms with van der Waals surface area (Å²) in [6, 6.07) is 7.15. The molecule has 0 aliphatic rings. The monoisotopic (exact) mass is 283 g/mol. The number of amides is 1. The quantitative estimate of drug-likeness (QED) is 0.775. The van der Waals surface area contributed by atoms with Gasteiger partial charge in [0.25, 0.3) is 0 Å². The van der Waals surface area contributed by atoms with E-state index in [1.165, 1.54) is 11.8 Å². The summed E-state index contributed by atoms with van der Waals surface area (Å²) >= 11 is 1.21. The van der Waals surface area contributed by atoms with Crippen molar-refractivity contribution in [3.8, 4) is 5.75 Å². The van der Waals surface area contributed by atoms with Crippen LogP contribution in [0.1, 0.15) is 6.92 Å². The number of benzene rings is 1. The average Bonchev–Trinajstić information content (AvgIpc) is 2.39. The van der Waals surface area contributed by atoms with Gasteiger partial charge in [0.1, 0.15) is 5.75 Å². The molecule has 0 heterocycles. The summed E-state index contributed by atoms with van der Waals surface area (Å²) in [5.41, 5.74) is 0.617. The Morgan fingerprint density at radius 1 is 1.26 bits per heavy atom. The van der Waals surface area contributed by atoms with Gasteiger partial charge in [-0.25, -0.2) is 0 Å². The van der Waals surface area contributed by atoms with Crippen LogP contribution in [0, 0.1) is 0 Å². The summed E-state index contributed by atoms with van der Waals surface area (Å²) in [7, 11) is 1.54. The Labute approximate surface area is 116 Å². The van der Waals surface area contributed by atoms with Gasteiger partial charge >= 0.3 is 5.97 Å². The van der Waals surface area contributed by atoms with E-state index in [1.807, 2.05) is 12.1 Å². The molecule has 0 unspecified atom stereocenters. The molecule has 5 nitrogen and oxygen atoms in total. The predicted molar refractivity (Wildman–Crippen MR) is 75.6 cm³/mol. The highest BCUT2D eigenvalue weighted by atomic mass is 32.2. The Kier molecular flexibility index (Phi) is 6.81.